The summed E-state index contributed by atoms with van der Waals surface area (Å²) in [6.45, 7) is 0.213. The molecule has 0 saturated heterocycles. The maximum atomic E-state index is 13.5. The first-order chi connectivity index (χ1) is 16.5. The summed E-state index contributed by atoms with van der Waals surface area (Å²) in [6, 6.07) is 15.9. The van der Waals surface area contributed by atoms with Crippen molar-refractivity contribution < 1.29 is 18.4 Å². The lowest BCUT2D eigenvalue weighted by atomic mass is 10.1. The second-order valence-corrected chi connectivity index (χ2v) is 7.70. The molecule has 0 bridgehead atoms. The first-order valence-corrected chi connectivity index (χ1v) is 10.3. The van der Waals surface area contributed by atoms with Crippen LogP contribution in [-0.4, -0.2) is 26.5 Å². The van der Waals surface area contributed by atoms with Crippen molar-refractivity contribution in [3.8, 4) is 34.3 Å². The third-order valence-electron chi connectivity index (χ3n) is 5.52. The van der Waals surface area contributed by atoms with Crippen molar-refractivity contribution in [3.63, 3.8) is 0 Å². The topological polar surface area (TPSA) is 112 Å². The van der Waals surface area contributed by atoms with Crippen molar-refractivity contribution >= 4 is 10.9 Å². The average Bonchev–Trinajstić information content (AvgIpc) is 3.51. The number of aromatic nitrogens is 4. The van der Waals surface area contributed by atoms with Gasteiger partial charge >= 0.3 is 5.69 Å². The SMILES string of the molecule is O=c1[nH]c2cc(-c3nc(-c4cccc(F)c4)no3)ccc2c(=O)n1Cc1ccc2c(c1)OCO2. The molecule has 1 aliphatic rings. The van der Waals surface area contributed by atoms with Crippen molar-refractivity contribution in [1.82, 2.24) is 19.7 Å². The Labute approximate surface area is 190 Å². The van der Waals surface area contributed by atoms with Gasteiger partial charge in [-0.3, -0.25) is 9.36 Å². The molecule has 6 rings (SSSR count). The van der Waals surface area contributed by atoms with Gasteiger partial charge in [0.2, 0.25) is 12.6 Å². The van der Waals surface area contributed by atoms with Gasteiger partial charge in [-0.2, -0.15) is 4.98 Å². The van der Waals surface area contributed by atoms with Crippen molar-refractivity contribution in [2.45, 2.75) is 6.54 Å². The van der Waals surface area contributed by atoms with Crippen molar-refractivity contribution in [1.29, 1.82) is 0 Å². The summed E-state index contributed by atoms with van der Waals surface area (Å²) in [5, 5.41) is 4.22. The van der Waals surface area contributed by atoms with Crippen LogP contribution >= 0.6 is 0 Å². The minimum Gasteiger partial charge on any atom is -0.454 e. The molecule has 0 fully saturated rings. The number of fused-ring (bicyclic) bond motifs is 2. The molecule has 5 aromatic rings. The number of H-pyrrole nitrogens is 1. The standard InChI is InChI=1S/C24H15FN4O5/c25-16-3-1-2-14(9-16)21-27-22(34-28-21)15-5-6-17-18(10-15)26-24(31)29(23(17)30)11-13-4-7-19-20(8-13)33-12-32-19/h1-10H,11-12H2,(H,26,31). The molecule has 0 unspecified atom stereocenters. The van der Waals surface area contributed by atoms with Crippen LogP contribution in [0.5, 0.6) is 11.5 Å². The number of ether oxygens (including phenoxy) is 2. The Morgan fingerprint density at radius 1 is 0.971 bits per heavy atom. The van der Waals surface area contributed by atoms with E-state index in [1.165, 1.54) is 12.1 Å². The van der Waals surface area contributed by atoms with Gasteiger partial charge in [0, 0.05) is 11.1 Å². The second kappa shape index (κ2) is 7.69. The predicted molar refractivity (Wildman–Crippen MR) is 119 cm³/mol. The van der Waals surface area contributed by atoms with Crippen LogP contribution < -0.4 is 20.7 Å². The summed E-state index contributed by atoms with van der Waals surface area (Å²) in [7, 11) is 0. The average molecular weight is 458 g/mol. The van der Waals surface area contributed by atoms with E-state index in [9.17, 15) is 14.0 Å². The van der Waals surface area contributed by atoms with E-state index in [4.69, 9.17) is 14.0 Å². The van der Waals surface area contributed by atoms with E-state index in [1.54, 1.807) is 48.5 Å². The Morgan fingerprint density at radius 2 is 1.85 bits per heavy atom. The summed E-state index contributed by atoms with van der Waals surface area (Å²) in [4.78, 5) is 32.8. The van der Waals surface area contributed by atoms with Crippen molar-refractivity contribution in [3.05, 3.63) is 92.9 Å². The molecule has 3 heterocycles. The highest BCUT2D eigenvalue weighted by Gasteiger charge is 2.16. The lowest BCUT2D eigenvalue weighted by molar-refractivity contribution is 0.174. The molecule has 0 radical (unpaired) electrons. The molecule has 1 aliphatic heterocycles. The molecule has 9 nitrogen and oxygen atoms in total. The molecule has 3 aromatic carbocycles. The number of benzene rings is 3. The zero-order valence-electron chi connectivity index (χ0n) is 17.4. The zero-order chi connectivity index (χ0) is 23.2. The van der Waals surface area contributed by atoms with Crippen LogP contribution in [0, 0.1) is 5.82 Å². The van der Waals surface area contributed by atoms with Crippen LogP contribution in [-0.2, 0) is 6.54 Å². The van der Waals surface area contributed by atoms with Gasteiger partial charge in [0.1, 0.15) is 5.82 Å². The number of hydrogen-bond acceptors (Lipinski definition) is 7. The molecule has 1 N–H and O–H groups in total. The molecule has 0 saturated carbocycles. The third-order valence-corrected chi connectivity index (χ3v) is 5.52. The Morgan fingerprint density at radius 3 is 2.74 bits per heavy atom. The zero-order valence-corrected chi connectivity index (χ0v) is 17.4. The normalized spacial score (nSPS) is 12.4. The van der Waals surface area contributed by atoms with Gasteiger partial charge in [0.15, 0.2) is 11.5 Å². The van der Waals surface area contributed by atoms with E-state index in [1.807, 2.05) is 0 Å². The van der Waals surface area contributed by atoms with Crippen LogP contribution in [0.3, 0.4) is 0 Å². The molecule has 0 aliphatic carbocycles. The number of nitrogens with one attached hydrogen (secondary N) is 1. The predicted octanol–water partition coefficient (Wildman–Crippen LogP) is 3.32. The van der Waals surface area contributed by atoms with Gasteiger partial charge in [0.25, 0.3) is 11.4 Å². The molecule has 34 heavy (non-hydrogen) atoms. The van der Waals surface area contributed by atoms with Crippen LogP contribution in [0.4, 0.5) is 4.39 Å². The largest absolute Gasteiger partial charge is 0.454 e. The van der Waals surface area contributed by atoms with Crippen LogP contribution in [0.2, 0.25) is 0 Å². The molecular formula is C24H15FN4O5. The lowest BCUT2D eigenvalue weighted by Gasteiger charge is -2.08. The number of nitrogens with zero attached hydrogens (tertiary/aromatic N) is 3. The monoisotopic (exact) mass is 458 g/mol. The molecule has 10 heteroatoms. The van der Waals surface area contributed by atoms with Gasteiger partial charge in [-0.15, -0.1) is 0 Å². The highest BCUT2D eigenvalue weighted by atomic mass is 19.1. The van der Waals surface area contributed by atoms with E-state index < -0.39 is 17.1 Å². The fourth-order valence-electron chi connectivity index (χ4n) is 3.84. The van der Waals surface area contributed by atoms with E-state index in [-0.39, 0.29) is 25.1 Å². The highest BCUT2D eigenvalue weighted by Crippen LogP contribution is 2.32. The first kappa shape index (κ1) is 19.9. The summed E-state index contributed by atoms with van der Waals surface area (Å²) in [5.74, 6) is 1.18. The quantitative estimate of drug-likeness (QED) is 0.440. The van der Waals surface area contributed by atoms with Gasteiger partial charge in [-0.25, -0.2) is 9.18 Å². The van der Waals surface area contributed by atoms with E-state index in [0.717, 1.165) is 10.1 Å². The maximum Gasteiger partial charge on any atom is 0.329 e. The number of halogens is 1. The van der Waals surface area contributed by atoms with Crippen LogP contribution in [0.1, 0.15) is 5.56 Å². The van der Waals surface area contributed by atoms with E-state index >= 15 is 0 Å². The smallest absolute Gasteiger partial charge is 0.329 e. The Bertz CT molecular complexity index is 1690. The summed E-state index contributed by atoms with van der Waals surface area (Å²) < 4.78 is 30.6. The molecule has 0 amide bonds. The van der Waals surface area contributed by atoms with Gasteiger partial charge in [-0.1, -0.05) is 23.4 Å². The van der Waals surface area contributed by atoms with E-state index in [2.05, 4.69) is 15.1 Å². The van der Waals surface area contributed by atoms with Crippen LogP contribution in [0.15, 0.2) is 74.8 Å². The van der Waals surface area contributed by atoms with Crippen molar-refractivity contribution in [2.75, 3.05) is 6.79 Å². The minimum absolute atomic E-state index is 0.0726. The summed E-state index contributed by atoms with van der Waals surface area (Å²) >= 11 is 0. The molecule has 0 spiro atoms. The van der Waals surface area contributed by atoms with Crippen molar-refractivity contribution in [2.24, 2.45) is 0 Å². The van der Waals surface area contributed by atoms with Gasteiger partial charge in [0.05, 0.1) is 17.4 Å². The molecule has 2 aromatic heterocycles. The Hall–Kier alpha value is -4.73. The van der Waals surface area contributed by atoms with Gasteiger partial charge in [-0.05, 0) is 48.0 Å². The highest BCUT2D eigenvalue weighted by molar-refractivity contribution is 5.82. The molecule has 168 valence electrons. The number of aromatic amines is 1. The lowest BCUT2D eigenvalue weighted by Crippen LogP contribution is -2.35. The van der Waals surface area contributed by atoms with E-state index in [0.29, 0.717) is 33.5 Å². The summed E-state index contributed by atoms with van der Waals surface area (Å²) in [6.07, 6.45) is 0. The van der Waals surface area contributed by atoms with Crippen LogP contribution in [0.25, 0.3) is 33.7 Å². The Balaban J connectivity index is 1.35. The minimum atomic E-state index is -0.557. The Kier molecular flexibility index (Phi) is 4.51. The van der Waals surface area contributed by atoms with Gasteiger partial charge < -0.3 is 19.0 Å². The number of hydrogen-bond donors (Lipinski definition) is 1. The first-order valence-electron chi connectivity index (χ1n) is 10.3. The number of rotatable bonds is 4. The second-order valence-electron chi connectivity index (χ2n) is 7.70. The third kappa shape index (κ3) is 3.41. The fraction of sp³-hybridized carbons (Fsp3) is 0.0833. The molecule has 0 atom stereocenters. The maximum absolute atomic E-state index is 13.5. The summed E-state index contributed by atoms with van der Waals surface area (Å²) in [5.41, 5.74) is 1.04. The fourth-order valence-corrected chi connectivity index (χ4v) is 3.84. The molecular weight excluding hydrogens is 443 g/mol.